The Morgan fingerprint density at radius 3 is 1.89 bits per heavy atom. The van der Waals surface area contributed by atoms with Gasteiger partial charge in [-0.05, 0) is 41.8 Å². The van der Waals surface area contributed by atoms with Gasteiger partial charge in [-0.1, -0.05) is 60.7 Å². The standard InChI is InChI=1S/C22H20N2O2S/c23-17-20-11-13-22(14-12-20)27(25,26)24(18-21-9-5-2-6-10-21)16-15-19-7-3-1-4-8-19/h1-14H,15-16,18H2. The monoisotopic (exact) mass is 376 g/mol. The highest BCUT2D eigenvalue weighted by Crippen LogP contribution is 2.20. The van der Waals surface area contributed by atoms with Crippen molar-refractivity contribution in [2.45, 2.75) is 17.9 Å². The highest BCUT2D eigenvalue weighted by molar-refractivity contribution is 7.89. The summed E-state index contributed by atoms with van der Waals surface area (Å²) in [6, 6.07) is 27.5. The van der Waals surface area contributed by atoms with E-state index in [1.807, 2.05) is 66.7 Å². The molecule has 0 spiro atoms. The Hall–Kier alpha value is -2.94. The molecule has 0 saturated heterocycles. The Bertz CT molecular complexity index is 1010. The summed E-state index contributed by atoms with van der Waals surface area (Å²) >= 11 is 0. The van der Waals surface area contributed by atoms with Gasteiger partial charge < -0.3 is 0 Å². The van der Waals surface area contributed by atoms with Crippen molar-refractivity contribution in [2.75, 3.05) is 6.54 Å². The lowest BCUT2D eigenvalue weighted by molar-refractivity contribution is 0.409. The van der Waals surface area contributed by atoms with Gasteiger partial charge in [0.15, 0.2) is 0 Å². The van der Waals surface area contributed by atoms with Gasteiger partial charge in [-0.2, -0.15) is 9.57 Å². The van der Waals surface area contributed by atoms with Crippen LogP contribution in [0.15, 0.2) is 89.8 Å². The van der Waals surface area contributed by atoms with E-state index in [1.54, 1.807) is 0 Å². The van der Waals surface area contributed by atoms with Crippen molar-refractivity contribution in [3.8, 4) is 6.07 Å². The van der Waals surface area contributed by atoms with Crippen LogP contribution in [-0.4, -0.2) is 19.3 Å². The van der Waals surface area contributed by atoms with Crippen molar-refractivity contribution >= 4 is 10.0 Å². The second kappa shape index (κ2) is 8.63. The minimum Gasteiger partial charge on any atom is -0.207 e. The van der Waals surface area contributed by atoms with E-state index in [0.717, 1.165) is 11.1 Å². The van der Waals surface area contributed by atoms with Gasteiger partial charge in [-0.15, -0.1) is 0 Å². The molecule has 0 bridgehead atoms. The molecule has 4 nitrogen and oxygen atoms in total. The largest absolute Gasteiger partial charge is 0.243 e. The Morgan fingerprint density at radius 1 is 0.778 bits per heavy atom. The van der Waals surface area contributed by atoms with Crippen LogP contribution >= 0.6 is 0 Å². The molecule has 0 aromatic heterocycles. The Morgan fingerprint density at radius 2 is 1.33 bits per heavy atom. The number of hydrogen-bond donors (Lipinski definition) is 0. The SMILES string of the molecule is N#Cc1ccc(S(=O)(=O)N(CCc2ccccc2)Cc2ccccc2)cc1. The highest BCUT2D eigenvalue weighted by Gasteiger charge is 2.24. The van der Waals surface area contributed by atoms with Crippen LogP contribution in [0.25, 0.3) is 0 Å². The van der Waals surface area contributed by atoms with Crippen LogP contribution in [-0.2, 0) is 23.0 Å². The van der Waals surface area contributed by atoms with E-state index in [-0.39, 0.29) is 4.90 Å². The Balaban J connectivity index is 1.88. The zero-order valence-corrected chi connectivity index (χ0v) is 15.6. The van der Waals surface area contributed by atoms with Gasteiger partial charge in [0.1, 0.15) is 0 Å². The topological polar surface area (TPSA) is 61.2 Å². The predicted octanol–water partition coefficient (Wildman–Crippen LogP) is 3.99. The molecule has 0 fully saturated rings. The molecule has 0 N–H and O–H groups in total. The number of hydrogen-bond acceptors (Lipinski definition) is 3. The summed E-state index contributed by atoms with van der Waals surface area (Å²) in [6.07, 6.45) is 0.628. The van der Waals surface area contributed by atoms with Gasteiger partial charge in [0, 0.05) is 13.1 Å². The fourth-order valence-electron chi connectivity index (χ4n) is 2.82. The summed E-state index contributed by atoms with van der Waals surface area (Å²) < 4.78 is 27.9. The number of sulfonamides is 1. The molecule has 27 heavy (non-hydrogen) atoms. The van der Waals surface area contributed by atoms with Crippen LogP contribution in [0.3, 0.4) is 0 Å². The molecule has 0 radical (unpaired) electrons. The molecule has 3 rings (SSSR count). The lowest BCUT2D eigenvalue weighted by Gasteiger charge is -2.22. The quantitative estimate of drug-likeness (QED) is 0.626. The second-order valence-corrected chi connectivity index (χ2v) is 8.13. The summed E-state index contributed by atoms with van der Waals surface area (Å²) in [5.41, 5.74) is 2.46. The molecule has 0 amide bonds. The molecule has 0 aliphatic heterocycles. The minimum absolute atomic E-state index is 0.200. The smallest absolute Gasteiger partial charge is 0.207 e. The normalized spacial score (nSPS) is 11.3. The Kier molecular flexibility index (Phi) is 6.02. The van der Waals surface area contributed by atoms with E-state index in [2.05, 4.69) is 0 Å². The average Bonchev–Trinajstić information content (AvgIpc) is 2.72. The van der Waals surface area contributed by atoms with Crippen LogP contribution in [0.5, 0.6) is 0 Å². The van der Waals surface area contributed by atoms with E-state index in [9.17, 15) is 8.42 Å². The first kappa shape index (κ1) is 18.8. The molecule has 0 heterocycles. The van der Waals surface area contributed by atoms with E-state index in [0.29, 0.717) is 25.1 Å². The molecule has 136 valence electrons. The van der Waals surface area contributed by atoms with E-state index < -0.39 is 10.0 Å². The second-order valence-electron chi connectivity index (χ2n) is 6.20. The van der Waals surface area contributed by atoms with Crippen LogP contribution in [0.1, 0.15) is 16.7 Å². The van der Waals surface area contributed by atoms with Crippen molar-refractivity contribution in [3.05, 3.63) is 102 Å². The van der Waals surface area contributed by atoms with Crippen LogP contribution < -0.4 is 0 Å². The van der Waals surface area contributed by atoms with Gasteiger partial charge in [0.25, 0.3) is 0 Å². The van der Waals surface area contributed by atoms with Gasteiger partial charge in [-0.3, -0.25) is 0 Å². The van der Waals surface area contributed by atoms with Crippen molar-refractivity contribution in [3.63, 3.8) is 0 Å². The molecule has 3 aromatic rings. The first-order valence-electron chi connectivity index (χ1n) is 8.68. The summed E-state index contributed by atoms with van der Waals surface area (Å²) in [7, 11) is -3.67. The molecule has 0 aliphatic carbocycles. The molecule has 0 atom stereocenters. The molecular formula is C22H20N2O2S. The lowest BCUT2D eigenvalue weighted by Crippen LogP contribution is -2.32. The number of benzene rings is 3. The highest BCUT2D eigenvalue weighted by atomic mass is 32.2. The fraction of sp³-hybridized carbons (Fsp3) is 0.136. The third-order valence-electron chi connectivity index (χ3n) is 4.32. The third kappa shape index (κ3) is 4.82. The van der Waals surface area contributed by atoms with Crippen molar-refractivity contribution in [1.29, 1.82) is 5.26 Å². The average molecular weight is 376 g/mol. The summed E-state index contributed by atoms with van der Waals surface area (Å²) in [5, 5.41) is 8.94. The maximum atomic E-state index is 13.2. The molecule has 0 aliphatic rings. The summed E-state index contributed by atoms with van der Waals surface area (Å²) in [5.74, 6) is 0. The first-order chi connectivity index (χ1) is 13.1. The first-order valence-corrected chi connectivity index (χ1v) is 10.1. The van der Waals surface area contributed by atoms with Gasteiger partial charge in [-0.25, -0.2) is 8.42 Å². The maximum Gasteiger partial charge on any atom is 0.243 e. The maximum absolute atomic E-state index is 13.2. The van der Waals surface area contributed by atoms with E-state index >= 15 is 0 Å². The zero-order valence-electron chi connectivity index (χ0n) is 14.8. The zero-order chi connectivity index (χ0) is 19.1. The fourth-order valence-corrected chi connectivity index (χ4v) is 4.25. The van der Waals surface area contributed by atoms with E-state index in [4.69, 9.17) is 5.26 Å². The number of nitrogens with zero attached hydrogens (tertiary/aromatic N) is 2. The van der Waals surface area contributed by atoms with Gasteiger partial charge in [0.2, 0.25) is 10.0 Å². The lowest BCUT2D eigenvalue weighted by atomic mass is 10.1. The molecule has 0 saturated carbocycles. The molecule has 3 aromatic carbocycles. The van der Waals surface area contributed by atoms with Gasteiger partial charge in [0.05, 0.1) is 16.5 Å². The van der Waals surface area contributed by atoms with Crippen molar-refractivity contribution < 1.29 is 8.42 Å². The third-order valence-corrected chi connectivity index (χ3v) is 6.18. The summed E-state index contributed by atoms with van der Waals surface area (Å²) in [6.45, 7) is 0.678. The van der Waals surface area contributed by atoms with Crippen LogP contribution in [0.4, 0.5) is 0 Å². The Labute approximate surface area is 160 Å². The molecular weight excluding hydrogens is 356 g/mol. The summed E-state index contributed by atoms with van der Waals surface area (Å²) in [4.78, 5) is 0.200. The van der Waals surface area contributed by atoms with Crippen LogP contribution in [0, 0.1) is 11.3 Å². The molecule has 5 heteroatoms. The van der Waals surface area contributed by atoms with E-state index in [1.165, 1.54) is 28.6 Å². The van der Waals surface area contributed by atoms with Crippen LogP contribution in [0.2, 0.25) is 0 Å². The molecule has 0 unspecified atom stereocenters. The van der Waals surface area contributed by atoms with Crippen molar-refractivity contribution in [1.82, 2.24) is 4.31 Å². The number of rotatable bonds is 7. The predicted molar refractivity (Wildman–Crippen MR) is 105 cm³/mol. The number of nitriles is 1. The van der Waals surface area contributed by atoms with Crippen molar-refractivity contribution in [2.24, 2.45) is 0 Å². The van der Waals surface area contributed by atoms with Gasteiger partial charge >= 0.3 is 0 Å². The minimum atomic E-state index is -3.67.